The number of carbonyl (C=O) groups excluding carboxylic acids is 2. The first kappa shape index (κ1) is 20.1. The van der Waals surface area contributed by atoms with Crippen LogP contribution in [0.25, 0.3) is 11.1 Å². The molecule has 0 atom stereocenters. The van der Waals surface area contributed by atoms with Crippen LogP contribution in [0.3, 0.4) is 0 Å². The third-order valence-corrected chi connectivity index (χ3v) is 4.31. The van der Waals surface area contributed by atoms with Crippen LogP contribution in [0.2, 0.25) is 0 Å². The van der Waals surface area contributed by atoms with E-state index >= 15 is 0 Å². The number of hydrogen-bond donors (Lipinski definition) is 2. The molecule has 0 aliphatic rings. The van der Waals surface area contributed by atoms with Crippen LogP contribution >= 0.6 is 0 Å². The number of hydrogen-bond acceptors (Lipinski definition) is 4. The number of ketones is 1. The number of nitrogens with one attached hydrogen (secondary N) is 2. The Kier molecular flexibility index (Phi) is 5.12. The van der Waals surface area contributed by atoms with Gasteiger partial charge >= 0.3 is 6.03 Å². The Balaban J connectivity index is 1.66. The van der Waals surface area contributed by atoms with E-state index in [1.54, 1.807) is 0 Å². The van der Waals surface area contributed by atoms with E-state index in [0.29, 0.717) is 11.6 Å². The van der Waals surface area contributed by atoms with Crippen LogP contribution in [0.1, 0.15) is 15.9 Å². The first-order chi connectivity index (χ1) is 14.8. The fourth-order valence-electron chi connectivity index (χ4n) is 2.89. The number of rotatable bonds is 4. The minimum absolute atomic E-state index is 0.0390. The molecule has 4 rings (SSSR count). The summed E-state index contributed by atoms with van der Waals surface area (Å²) in [6.07, 6.45) is 1.13. The minimum Gasteiger partial charge on any atom is -0.443 e. The Labute approximate surface area is 171 Å². The molecule has 0 radical (unpaired) electrons. The summed E-state index contributed by atoms with van der Waals surface area (Å²) in [7, 11) is 0. The van der Waals surface area contributed by atoms with Crippen molar-refractivity contribution in [3.63, 3.8) is 0 Å². The summed E-state index contributed by atoms with van der Waals surface area (Å²) in [6.45, 7) is 0. The first-order valence-electron chi connectivity index (χ1n) is 8.72. The molecule has 31 heavy (non-hydrogen) atoms. The van der Waals surface area contributed by atoms with Gasteiger partial charge in [-0.15, -0.1) is 0 Å². The van der Waals surface area contributed by atoms with E-state index in [1.807, 2.05) is 5.32 Å². The normalized spacial score (nSPS) is 10.8. The van der Waals surface area contributed by atoms with E-state index in [2.05, 4.69) is 10.3 Å². The van der Waals surface area contributed by atoms with E-state index in [-0.39, 0.29) is 16.8 Å². The lowest BCUT2D eigenvalue weighted by Gasteiger charge is -2.12. The van der Waals surface area contributed by atoms with Crippen molar-refractivity contribution in [3.05, 3.63) is 89.3 Å². The van der Waals surface area contributed by atoms with Crippen molar-refractivity contribution in [2.45, 2.75) is 0 Å². The number of benzene rings is 3. The summed E-state index contributed by atoms with van der Waals surface area (Å²) < 4.78 is 61.6. The molecule has 10 heteroatoms. The van der Waals surface area contributed by atoms with Crippen LogP contribution in [0.4, 0.5) is 33.7 Å². The predicted molar refractivity (Wildman–Crippen MR) is 103 cm³/mol. The van der Waals surface area contributed by atoms with Crippen molar-refractivity contribution in [2.75, 3.05) is 10.6 Å². The second-order valence-electron chi connectivity index (χ2n) is 6.36. The zero-order chi connectivity index (χ0) is 22.1. The zero-order valence-corrected chi connectivity index (χ0v) is 15.4. The van der Waals surface area contributed by atoms with Gasteiger partial charge in [-0.2, -0.15) is 0 Å². The van der Waals surface area contributed by atoms with Crippen molar-refractivity contribution in [3.8, 4) is 0 Å². The molecule has 0 unspecified atom stereocenters. The second-order valence-corrected chi connectivity index (χ2v) is 6.36. The van der Waals surface area contributed by atoms with E-state index < -0.39 is 46.3 Å². The van der Waals surface area contributed by atoms with Crippen molar-refractivity contribution in [1.29, 1.82) is 0 Å². The number of amides is 2. The summed E-state index contributed by atoms with van der Waals surface area (Å²) in [5.74, 6) is -6.53. The lowest BCUT2D eigenvalue weighted by molar-refractivity contribution is 0.103. The lowest BCUT2D eigenvalue weighted by Crippen LogP contribution is -2.22. The van der Waals surface area contributed by atoms with Crippen LogP contribution < -0.4 is 10.6 Å². The zero-order valence-electron chi connectivity index (χ0n) is 15.4. The molecule has 156 valence electrons. The van der Waals surface area contributed by atoms with Crippen LogP contribution in [0, 0.1) is 23.3 Å². The lowest BCUT2D eigenvalue weighted by atomic mass is 10.0. The fraction of sp³-hybridized carbons (Fsp3) is 0. The molecule has 6 nitrogen and oxygen atoms in total. The van der Waals surface area contributed by atoms with Gasteiger partial charge < -0.3 is 15.1 Å². The maximum atomic E-state index is 14.9. The van der Waals surface area contributed by atoms with Gasteiger partial charge in [0.2, 0.25) is 0 Å². The SMILES string of the molecule is O=C(Nc1cccc(F)c1)Nc1cc(F)c(F)c(C(=O)c2ccc3ncoc3c2)c1F. The number of anilines is 2. The minimum atomic E-state index is -1.71. The van der Waals surface area contributed by atoms with Gasteiger partial charge in [-0.05, 0) is 36.4 Å². The number of carbonyl (C=O) groups is 2. The molecule has 1 aromatic heterocycles. The van der Waals surface area contributed by atoms with E-state index in [9.17, 15) is 27.2 Å². The quantitative estimate of drug-likeness (QED) is 0.263. The number of fused-ring (bicyclic) bond motifs is 1. The predicted octanol–water partition coefficient (Wildman–Crippen LogP) is 5.26. The monoisotopic (exact) mass is 429 g/mol. The van der Waals surface area contributed by atoms with E-state index in [1.165, 1.54) is 30.3 Å². The Morgan fingerprint density at radius 3 is 2.48 bits per heavy atom. The van der Waals surface area contributed by atoms with Gasteiger partial charge in [-0.3, -0.25) is 4.79 Å². The third kappa shape index (κ3) is 3.95. The molecule has 0 bridgehead atoms. The average molecular weight is 429 g/mol. The molecular weight excluding hydrogens is 418 g/mol. The number of oxazole rings is 1. The van der Waals surface area contributed by atoms with Gasteiger partial charge in [-0.1, -0.05) is 6.07 Å². The maximum absolute atomic E-state index is 14.9. The molecule has 1 heterocycles. The van der Waals surface area contributed by atoms with Crippen molar-refractivity contribution in [2.24, 2.45) is 0 Å². The fourth-order valence-corrected chi connectivity index (χ4v) is 2.89. The Morgan fingerprint density at radius 2 is 1.71 bits per heavy atom. The maximum Gasteiger partial charge on any atom is 0.323 e. The number of aromatic nitrogens is 1. The molecule has 0 spiro atoms. The third-order valence-electron chi connectivity index (χ3n) is 4.31. The molecule has 2 N–H and O–H groups in total. The summed E-state index contributed by atoms with van der Waals surface area (Å²) in [4.78, 5) is 28.6. The summed E-state index contributed by atoms with van der Waals surface area (Å²) in [6, 6.07) is 8.02. The van der Waals surface area contributed by atoms with Crippen LogP contribution in [0.15, 0.2) is 59.3 Å². The molecule has 3 aromatic carbocycles. The summed E-state index contributed by atoms with van der Waals surface area (Å²) in [5, 5.41) is 4.20. The Morgan fingerprint density at radius 1 is 0.903 bits per heavy atom. The second kappa shape index (κ2) is 7.90. The summed E-state index contributed by atoms with van der Waals surface area (Å²) in [5.41, 5.74) is -1.51. The smallest absolute Gasteiger partial charge is 0.323 e. The van der Waals surface area contributed by atoms with Crippen molar-refractivity contribution < 1.29 is 31.6 Å². The highest BCUT2D eigenvalue weighted by molar-refractivity contribution is 6.11. The van der Waals surface area contributed by atoms with Gasteiger partial charge in [0.05, 0.1) is 11.3 Å². The van der Waals surface area contributed by atoms with Gasteiger partial charge in [0.1, 0.15) is 11.3 Å². The molecule has 0 saturated heterocycles. The van der Waals surface area contributed by atoms with Crippen molar-refractivity contribution in [1.82, 2.24) is 4.98 Å². The van der Waals surface area contributed by atoms with Gasteiger partial charge in [0.25, 0.3) is 0 Å². The topological polar surface area (TPSA) is 84.2 Å². The first-order valence-corrected chi connectivity index (χ1v) is 8.72. The molecule has 0 aliphatic heterocycles. The molecule has 2 amide bonds. The van der Waals surface area contributed by atoms with E-state index in [0.717, 1.165) is 18.5 Å². The molecular formula is C21H11F4N3O3. The average Bonchev–Trinajstić information content (AvgIpc) is 3.20. The number of halogens is 4. The standard InChI is InChI=1S/C21H11F4N3O3/c22-11-2-1-3-12(7-11)27-21(30)28-15-8-13(23)18(24)17(19(15)25)20(29)10-4-5-14-16(6-10)31-9-26-14/h1-9H,(H2,27,28,30). The highest BCUT2D eigenvalue weighted by atomic mass is 19.2. The van der Waals surface area contributed by atoms with Gasteiger partial charge in [0, 0.05) is 17.3 Å². The molecule has 0 fully saturated rings. The largest absolute Gasteiger partial charge is 0.443 e. The van der Waals surface area contributed by atoms with Crippen LogP contribution in [-0.2, 0) is 0 Å². The van der Waals surface area contributed by atoms with Crippen LogP contribution in [0.5, 0.6) is 0 Å². The molecule has 0 saturated carbocycles. The Bertz CT molecular complexity index is 1340. The van der Waals surface area contributed by atoms with E-state index in [4.69, 9.17) is 4.42 Å². The molecule has 4 aromatic rings. The number of nitrogens with zero attached hydrogens (tertiary/aromatic N) is 1. The number of urea groups is 1. The van der Waals surface area contributed by atoms with Crippen LogP contribution in [-0.4, -0.2) is 16.8 Å². The summed E-state index contributed by atoms with van der Waals surface area (Å²) >= 11 is 0. The highest BCUT2D eigenvalue weighted by Gasteiger charge is 2.26. The van der Waals surface area contributed by atoms with Gasteiger partial charge in [0.15, 0.2) is 35.2 Å². The van der Waals surface area contributed by atoms with Gasteiger partial charge in [-0.25, -0.2) is 27.3 Å². The van der Waals surface area contributed by atoms with Crippen molar-refractivity contribution >= 4 is 34.3 Å². The Hall–Kier alpha value is -4.21. The molecule has 0 aliphatic carbocycles. The highest BCUT2D eigenvalue weighted by Crippen LogP contribution is 2.27.